The van der Waals surface area contributed by atoms with Gasteiger partial charge in [-0.2, -0.15) is 0 Å². The summed E-state index contributed by atoms with van der Waals surface area (Å²) in [5.74, 6) is 0.487. The standard InChI is InChI=1S/C25H28N4O2/c1-3-31-24(27)21-15-20-14-19(10-11-22(20)28-23(26)16(21)2)17-6-8-18(9-7-17)25(30)29-12-4-5-13-29/h6-11,14-16,27H,3-5,12-13H2,1-2H3,(H2,26,28). The quantitative estimate of drug-likeness (QED) is 0.562. The molecule has 0 aromatic heterocycles. The smallest absolute Gasteiger partial charge is 0.253 e. The van der Waals surface area contributed by atoms with Gasteiger partial charge in [0.15, 0.2) is 0 Å². The minimum atomic E-state index is -0.203. The first-order valence-corrected chi connectivity index (χ1v) is 10.8. The third-order valence-electron chi connectivity index (χ3n) is 5.91. The van der Waals surface area contributed by atoms with Crippen LogP contribution < -0.4 is 5.73 Å². The van der Waals surface area contributed by atoms with Crippen LogP contribution in [0.2, 0.25) is 0 Å². The molecule has 0 spiro atoms. The Labute approximate surface area is 182 Å². The van der Waals surface area contributed by atoms with E-state index < -0.39 is 0 Å². The van der Waals surface area contributed by atoms with E-state index in [1.54, 1.807) is 0 Å². The highest BCUT2D eigenvalue weighted by Gasteiger charge is 2.23. The normalized spacial score (nSPS) is 18.0. The fraction of sp³-hybridized carbons (Fsp3) is 0.320. The summed E-state index contributed by atoms with van der Waals surface area (Å²) in [7, 11) is 0. The van der Waals surface area contributed by atoms with Crippen molar-refractivity contribution in [3.05, 3.63) is 59.2 Å². The summed E-state index contributed by atoms with van der Waals surface area (Å²) in [6.07, 6.45) is 4.11. The maximum Gasteiger partial charge on any atom is 0.253 e. The van der Waals surface area contributed by atoms with Crippen LogP contribution in [0.5, 0.6) is 0 Å². The lowest BCUT2D eigenvalue weighted by molar-refractivity contribution is 0.0793. The summed E-state index contributed by atoms with van der Waals surface area (Å²) in [6.45, 7) is 5.91. The second-order valence-corrected chi connectivity index (χ2v) is 7.97. The van der Waals surface area contributed by atoms with Crippen molar-refractivity contribution < 1.29 is 9.53 Å². The molecule has 4 rings (SSSR count). The summed E-state index contributed by atoms with van der Waals surface area (Å²) in [4.78, 5) is 19.1. The third-order valence-corrected chi connectivity index (χ3v) is 5.91. The van der Waals surface area contributed by atoms with Crippen LogP contribution in [0.3, 0.4) is 0 Å². The van der Waals surface area contributed by atoms with Gasteiger partial charge in [0.1, 0.15) is 5.84 Å². The van der Waals surface area contributed by atoms with Crippen LogP contribution in [0, 0.1) is 11.3 Å². The zero-order valence-electron chi connectivity index (χ0n) is 18.0. The van der Waals surface area contributed by atoms with Gasteiger partial charge in [-0.1, -0.05) is 25.1 Å². The lowest BCUT2D eigenvalue weighted by Gasteiger charge is -2.15. The maximum absolute atomic E-state index is 12.6. The summed E-state index contributed by atoms with van der Waals surface area (Å²) >= 11 is 0. The van der Waals surface area contributed by atoms with E-state index in [1.165, 1.54) is 0 Å². The van der Waals surface area contributed by atoms with Gasteiger partial charge in [0.25, 0.3) is 5.91 Å². The number of hydrogen-bond donors (Lipinski definition) is 2. The van der Waals surface area contributed by atoms with Crippen molar-refractivity contribution in [1.29, 1.82) is 5.41 Å². The zero-order valence-corrected chi connectivity index (χ0v) is 18.0. The van der Waals surface area contributed by atoms with Crippen molar-refractivity contribution in [2.45, 2.75) is 26.7 Å². The summed E-state index contributed by atoms with van der Waals surface area (Å²) in [5.41, 5.74) is 11.3. The Hall–Kier alpha value is -3.41. The van der Waals surface area contributed by atoms with Crippen LogP contribution >= 0.6 is 0 Å². The zero-order chi connectivity index (χ0) is 22.0. The molecule has 2 aromatic rings. The Morgan fingerprint density at radius 2 is 1.84 bits per heavy atom. The van der Waals surface area contributed by atoms with Crippen LogP contribution in [0.15, 0.2) is 53.0 Å². The van der Waals surface area contributed by atoms with Crippen LogP contribution in [0.25, 0.3) is 17.2 Å². The van der Waals surface area contributed by atoms with E-state index in [0.29, 0.717) is 18.0 Å². The summed E-state index contributed by atoms with van der Waals surface area (Å²) in [6, 6.07) is 13.7. The molecule has 0 saturated carbocycles. The largest absolute Gasteiger partial charge is 0.478 e. The molecule has 2 aliphatic heterocycles. The minimum Gasteiger partial charge on any atom is -0.478 e. The molecule has 1 fully saturated rings. The molecule has 2 aliphatic rings. The molecule has 1 saturated heterocycles. The van der Waals surface area contributed by atoms with Crippen molar-refractivity contribution in [3.8, 4) is 11.1 Å². The number of nitrogens with one attached hydrogen (secondary N) is 1. The number of benzene rings is 2. The summed E-state index contributed by atoms with van der Waals surface area (Å²) in [5, 5.41) is 8.26. The molecule has 1 unspecified atom stereocenters. The van der Waals surface area contributed by atoms with E-state index in [2.05, 4.69) is 4.99 Å². The van der Waals surface area contributed by atoms with Gasteiger partial charge in [-0.15, -0.1) is 0 Å². The predicted octanol–water partition coefficient (Wildman–Crippen LogP) is 4.63. The number of rotatable bonds is 4. The lowest BCUT2D eigenvalue weighted by Crippen LogP contribution is -2.27. The number of nitrogens with two attached hydrogens (primary N) is 1. The first-order valence-electron chi connectivity index (χ1n) is 10.8. The highest BCUT2D eigenvalue weighted by Crippen LogP contribution is 2.33. The van der Waals surface area contributed by atoms with Gasteiger partial charge in [0.05, 0.1) is 12.3 Å². The lowest BCUT2D eigenvalue weighted by atomic mass is 9.96. The number of nitrogens with zero attached hydrogens (tertiary/aromatic N) is 2. The van der Waals surface area contributed by atoms with E-state index in [4.69, 9.17) is 15.9 Å². The molecule has 6 heteroatoms. The van der Waals surface area contributed by atoms with Crippen LogP contribution in [0.4, 0.5) is 5.69 Å². The minimum absolute atomic E-state index is 0.104. The Bertz CT molecular complexity index is 1060. The SMILES string of the molecule is CCOC(=N)C1=Cc2cc(-c3ccc(C(=O)N4CCCC4)cc3)ccc2N=C(N)C1C. The molecule has 0 bridgehead atoms. The van der Waals surface area contributed by atoms with Gasteiger partial charge in [0, 0.05) is 35.7 Å². The highest BCUT2D eigenvalue weighted by molar-refractivity contribution is 6.05. The number of ether oxygens (including phenoxy) is 1. The van der Waals surface area contributed by atoms with Gasteiger partial charge >= 0.3 is 0 Å². The molecule has 6 nitrogen and oxygen atoms in total. The molecular weight excluding hydrogens is 388 g/mol. The maximum atomic E-state index is 12.6. The Kier molecular flexibility index (Phi) is 5.89. The fourth-order valence-electron chi connectivity index (χ4n) is 4.04. The molecule has 3 N–H and O–H groups in total. The first-order chi connectivity index (χ1) is 15.0. The molecule has 1 atom stereocenters. The second kappa shape index (κ2) is 8.76. The van der Waals surface area contributed by atoms with E-state index in [-0.39, 0.29) is 17.7 Å². The van der Waals surface area contributed by atoms with Crippen molar-refractivity contribution in [1.82, 2.24) is 4.90 Å². The predicted molar refractivity (Wildman–Crippen MR) is 125 cm³/mol. The number of fused-ring (bicyclic) bond motifs is 1. The second-order valence-electron chi connectivity index (χ2n) is 7.97. The van der Waals surface area contributed by atoms with Gasteiger partial charge in [-0.3, -0.25) is 10.2 Å². The van der Waals surface area contributed by atoms with Crippen molar-refractivity contribution in [2.75, 3.05) is 19.7 Å². The van der Waals surface area contributed by atoms with E-state index in [1.807, 2.05) is 67.3 Å². The molecule has 2 heterocycles. The van der Waals surface area contributed by atoms with Gasteiger partial charge in [-0.05, 0) is 61.2 Å². The van der Waals surface area contributed by atoms with Gasteiger partial charge in [-0.25, -0.2) is 4.99 Å². The van der Waals surface area contributed by atoms with Crippen LogP contribution in [0.1, 0.15) is 42.6 Å². The third kappa shape index (κ3) is 4.24. The van der Waals surface area contributed by atoms with Crippen molar-refractivity contribution in [3.63, 3.8) is 0 Å². The summed E-state index contributed by atoms with van der Waals surface area (Å²) < 4.78 is 5.43. The average molecular weight is 417 g/mol. The Balaban J connectivity index is 1.65. The van der Waals surface area contributed by atoms with Gasteiger partial charge in [0.2, 0.25) is 5.90 Å². The number of amidine groups is 1. The van der Waals surface area contributed by atoms with Crippen LogP contribution in [-0.2, 0) is 4.74 Å². The topological polar surface area (TPSA) is 91.8 Å². The van der Waals surface area contributed by atoms with Crippen LogP contribution in [-0.4, -0.2) is 42.2 Å². The number of aliphatic imine (C=N–C) groups is 1. The number of carbonyl (C=O) groups excluding carboxylic acids is 1. The highest BCUT2D eigenvalue weighted by atomic mass is 16.5. The fourth-order valence-corrected chi connectivity index (χ4v) is 4.04. The Morgan fingerprint density at radius 3 is 2.52 bits per heavy atom. The number of amides is 1. The number of carbonyl (C=O) groups is 1. The van der Waals surface area contributed by atoms with Crippen molar-refractivity contribution in [2.24, 2.45) is 16.6 Å². The number of hydrogen-bond acceptors (Lipinski definition) is 5. The average Bonchev–Trinajstić information content (AvgIpc) is 3.28. The van der Waals surface area contributed by atoms with E-state index in [9.17, 15) is 4.79 Å². The van der Waals surface area contributed by atoms with Crippen molar-refractivity contribution >= 4 is 29.4 Å². The first kappa shape index (κ1) is 20.8. The van der Waals surface area contributed by atoms with Gasteiger partial charge < -0.3 is 15.4 Å². The number of likely N-dealkylation sites (tertiary alicyclic amines) is 1. The van der Waals surface area contributed by atoms with E-state index in [0.717, 1.165) is 53.9 Å². The molecule has 1 amide bonds. The van der Waals surface area contributed by atoms with E-state index >= 15 is 0 Å². The molecule has 0 aliphatic carbocycles. The molecule has 2 aromatic carbocycles. The molecule has 160 valence electrons. The Morgan fingerprint density at radius 1 is 1.16 bits per heavy atom. The monoisotopic (exact) mass is 416 g/mol. The molecular formula is C25H28N4O2. The molecule has 0 radical (unpaired) electrons. The molecule has 31 heavy (non-hydrogen) atoms.